The second-order valence-electron chi connectivity index (χ2n) is 5.97. The summed E-state index contributed by atoms with van der Waals surface area (Å²) >= 11 is 12.5. The summed E-state index contributed by atoms with van der Waals surface area (Å²) in [6.07, 6.45) is 8.26. The minimum Gasteiger partial charge on any atom is -0.287 e. The van der Waals surface area contributed by atoms with E-state index in [0.29, 0.717) is 22.2 Å². The third-order valence-corrected chi connectivity index (χ3v) is 4.79. The Morgan fingerprint density at radius 3 is 2.64 bits per heavy atom. The van der Waals surface area contributed by atoms with Gasteiger partial charge in [0.25, 0.3) is 0 Å². The summed E-state index contributed by atoms with van der Waals surface area (Å²) < 4.78 is 3.78. The molecule has 0 unspecified atom stereocenters. The number of hydrogen-bond acceptors (Lipinski definition) is 3. The van der Waals surface area contributed by atoms with Crippen LogP contribution in [0.2, 0.25) is 10.0 Å². The molecule has 0 radical (unpaired) electrons. The normalized spacial score (nSPS) is 11.4. The second-order valence-corrected chi connectivity index (χ2v) is 6.82. The highest BCUT2D eigenvalue weighted by atomic mass is 35.5. The van der Waals surface area contributed by atoms with Gasteiger partial charge in [-0.15, -0.1) is 0 Å². The van der Waals surface area contributed by atoms with Gasteiger partial charge in [-0.2, -0.15) is 5.10 Å². The van der Waals surface area contributed by atoms with E-state index in [0.717, 1.165) is 28.1 Å². The summed E-state index contributed by atoms with van der Waals surface area (Å²) in [7, 11) is 1.89. The van der Waals surface area contributed by atoms with Gasteiger partial charge in [0.2, 0.25) is 5.78 Å². The van der Waals surface area contributed by atoms with Crippen LogP contribution in [0.3, 0.4) is 0 Å². The third kappa shape index (κ3) is 3.01. The van der Waals surface area contributed by atoms with Crippen molar-refractivity contribution in [2.45, 2.75) is 13.3 Å². The molecule has 4 rings (SSSR count). The Morgan fingerprint density at radius 1 is 1.08 bits per heavy atom. The Labute approximate surface area is 154 Å². The van der Waals surface area contributed by atoms with Crippen molar-refractivity contribution in [3.63, 3.8) is 0 Å². The van der Waals surface area contributed by atoms with Gasteiger partial charge in [0, 0.05) is 53.2 Å². The molecular weight excluding hydrogens is 357 g/mol. The molecule has 0 aliphatic carbocycles. The molecule has 0 saturated heterocycles. The highest BCUT2D eigenvalue weighted by Crippen LogP contribution is 2.26. The van der Waals surface area contributed by atoms with Crippen LogP contribution < -0.4 is 0 Å². The zero-order chi connectivity index (χ0) is 17.6. The van der Waals surface area contributed by atoms with Crippen molar-refractivity contribution in [1.82, 2.24) is 24.1 Å². The molecule has 25 heavy (non-hydrogen) atoms. The topological polar surface area (TPSA) is 48.0 Å². The maximum Gasteiger partial charge on any atom is 0.234 e. The van der Waals surface area contributed by atoms with E-state index in [2.05, 4.69) is 15.1 Å². The predicted molar refractivity (Wildman–Crippen MR) is 99.2 cm³/mol. The van der Waals surface area contributed by atoms with E-state index in [1.54, 1.807) is 10.7 Å². The van der Waals surface area contributed by atoms with Crippen molar-refractivity contribution in [3.8, 4) is 11.1 Å². The Morgan fingerprint density at radius 2 is 1.88 bits per heavy atom. The highest BCUT2D eigenvalue weighted by molar-refractivity contribution is 6.33. The first-order valence-electron chi connectivity index (χ1n) is 7.78. The van der Waals surface area contributed by atoms with Crippen LogP contribution in [0.4, 0.5) is 0 Å². The standard InChI is InChI=1S/C18H15Cl2N5/c1-11-17(6-12-5-15(19)3-4-16(12)20)25-10-13(7-21-18(25)23-11)14-8-22-24(2)9-14/h3-5,7-10H,6H2,1-2H3. The zero-order valence-electron chi connectivity index (χ0n) is 13.7. The number of benzene rings is 1. The number of aryl methyl sites for hydroxylation is 2. The van der Waals surface area contributed by atoms with Crippen molar-refractivity contribution >= 4 is 29.0 Å². The van der Waals surface area contributed by atoms with Crippen LogP contribution in [0, 0.1) is 6.92 Å². The van der Waals surface area contributed by atoms with Gasteiger partial charge >= 0.3 is 0 Å². The maximum atomic E-state index is 6.33. The molecule has 0 N–H and O–H groups in total. The SMILES string of the molecule is Cc1nc2ncc(-c3cnn(C)c3)cn2c1Cc1cc(Cl)ccc1Cl. The van der Waals surface area contributed by atoms with Crippen molar-refractivity contribution in [2.75, 3.05) is 0 Å². The van der Waals surface area contributed by atoms with Crippen molar-refractivity contribution < 1.29 is 0 Å². The van der Waals surface area contributed by atoms with E-state index in [1.807, 2.05) is 55.3 Å². The van der Waals surface area contributed by atoms with Gasteiger partial charge in [-0.25, -0.2) is 9.97 Å². The number of nitrogens with zero attached hydrogens (tertiary/aromatic N) is 5. The highest BCUT2D eigenvalue weighted by Gasteiger charge is 2.14. The minimum atomic E-state index is 0.630. The maximum absolute atomic E-state index is 6.33. The van der Waals surface area contributed by atoms with Gasteiger partial charge in [0.1, 0.15) is 0 Å². The summed E-state index contributed by atoms with van der Waals surface area (Å²) in [5, 5.41) is 5.58. The lowest BCUT2D eigenvalue weighted by Gasteiger charge is -2.07. The van der Waals surface area contributed by atoms with Crippen molar-refractivity contribution in [3.05, 3.63) is 70.0 Å². The van der Waals surface area contributed by atoms with Gasteiger partial charge in [-0.05, 0) is 30.7 Å². The molecule has 0 aliphatic rings. The fourth-order valence-electron chi connectivity index (χ4n) is 2.88. The molecule has 7 heteroatoms. The molecule has 0 saturated carbocycles. The van der Waals surface area contributed by atoms with Crippen LogP contribution in [0.5, 0.6) is 0 Å². The Kier molecular flexibility index (Phi) is 3.98. The third-order valence-electron chi connectivity index (χ3n) is 4.18. The van der Waals surface area contributed by atoms with Gasteiger partial charge in [0.15, 0.2) is 0 Å². The van der Waals surface area contributed by atoms with Crippen molar-refractivity contribution in [2.24, 2.45) is 7.05 Å². The summed E-state index contributed by atoms with van der Waals surface area (Å²) in [4.78, 5) is 9.04. The molecule has 3 aromatic heterocycles. The van der Waals surface area contributed by atoms with Crippen LogP contribution in [0.25, 0.3) is 16.9 Å². The first-order chi connectivity index (χ1) is 12.0. The number of halogens is 2. The number of rotatable bonds is 3. The lowest BCUT2D eigenvalue weighted by Crippen LogP contribution is -1.99. The van der Waals surface area contributed by atoms with Crippen molar-refractivity contribution in [1.29, 1.82) is 0 Å². The van der Waals surface area contributed by atoms with E-state index >= 15 is 0 Å². The number of fused-ring (bicyclic) bond motifs is 1. The molecule has 4 aromatic rings. The fraction of sp³-hybridized carbons (Fsp3) is 0.167. The van der Waals surface area contributed by atoms with E-state index in [1.165, 1.54) is 0 Å². The van der Waals surface area contributed by atoms with E-state index in [-0.39, 0.29) is 0 Å². The Hall–Kier alpha value is -2.37. The summed E-state index contributed by atoms with van der Waals surface area (Å²) in [5.41, 5.74) is 4.92. The molecule has 1 aromatic carbocycles. The monoisotopic (exact) mass is 371 g/mol. The van der Waals surface area contributed by atoms with E-state index < -0.39 is 0 Å². The smallest absolute Gasteiger partial charge is 0.234 e. The second kappa shape index (κ2) is 6.17. The molecule has 0 bridgehead atoms. The average Bonchev–Trinajstić information content (AvgIpc) is 3.14. The van der Waals surface area contributed by atoms with Crippen LogP contribution in [-0.4, -0.2) is 24.1 Å². The van der Waals surface area contributed by atoms with Crippen LogP contribution >= 0.6 is 23.2 Å². The quantitative estimate of drug-likeness (QED) is 0.538. The van der Waals surface area contributed by atoms with Gasteiger partial charge < -0.3 is 0 Å². The number of hydrogen-bond donors (Lipinski definition) is 0. The number of imidazole rings is 1. The molecular formula is C18H15Cl2N5. The number of aromatic nitrogens is 5. The fourth-order valence-corrected chi connectivity index (χ4v) is 3.26. The molecule has 0 atom stereocenters. The summed E-state index contributed by atoms with van der Waals surface area (Å²) in [6.45, 7) is 1.98. The molecule has 5 nitrogen and oxygen atoms in total. The summed E-state index contributed by atoms with van der Waals surface area (Å²) in [6, 6.07) is 5.50. The largest absolute Gasteiger partial charge is 0.287 e. The lowest BCUT2D eigenvalue weighted by atomic mass is 10.1. The predicted octanol–water partition coefficient (Wildman–Crippen LogP) is 4.34. The molecule has 0 fully saturated rings. The van der Waals surface area contributed by atoms with E-state index in [9.17, 15) is 0 Å². The lowest BCUT2D eigenvalue weighted by molar-refractivity contribution is 0.768. The van der Waals surface area contributed by atoms with Crippen LogP contribution in [-0.2, 0) is 13.5 Å². The average molecular weight is 372 g/mol. The summed E-state index contributed by atoms with van der Waals surface area (Å²) in [5.74, 6) is 0.665. The van der Waals surface area contributed by atoms with Gasteiger partial charge in [-0.1, -0.05) is 23.2 Å². The first kappa shape index (κ1) is 16.1. The molecule has 0 aliphatic heterocycles. The molecule has 0 spiro atoms. The minimum absolute atomic E-state index is 0.630. The Balaban J connectivity index is 1.82. The van der Waals surface area contributed by atoms with Gasteiger partial charge in [-0.3, -0.25) is 9.08 Å². The Bertz CT molecular complexity index is 1080. The molecule has 0 amide bonds. The molecule has 3 heterocycles. The van der Waals surface area contributed by atoms with Crippen LogP contribution in [0.15, 0.2) is 43.0 Å². The zero-order valence-corrected chi connectivity index (χ0v) is 15.3. The van der Waals surface area contributed by atoms with E-state index in [4.69, 9.17) is 23.2 Å². The first-order valence-corrected chi connectivity index (χ1v) is 8.53. The molecule has 126 valence electrons. The van der Waals surface area contributed by atoms with Gasteiger partial charge in [0.05, 0.1) is 17.6 Å². The van der Waals surface area contributed by atoms with Crippen LogP contribution in [0.1, 0.15) is 17.0 Å².